The number of H-pyrrole nitrogens is 1. The van der Waals surface area contributed by atoms with Crippen LogP contribution < -0.4 is 10.3 Å². The monoisotopic (exact) mass is 350 g/mol. The van der Waals surface area contributed by atoms with E-state index in [4.69, 9.17) is 4.74 Å². The van der Waals surface area contributed by atoms with Crippen molar-refractivity contribution in [2.24, 2.45) is 0 Å². The van der Waals surface area contributed by atoms with E-state index in [1.807, 2.05) is 55.5 Å². The third-order valence-electron chi connectivity index (χ3n) is 4.36. The van der Waals surface area contributed by atoms with Crippen LogP contribution in [0.2, 0.25) is 0 Å². The highest BCUT2D eigenvalue weighted by Crippen LogP contribution is 2.19. The van der Waals surface area contributed by atoms with E-state index in [-0.39, 0.29) is 18.0 Å². The zero-order chi connectivity index (χ0) is 18.5. The summed E-state index contributed by atoms with van der Waals surface area (Å²) < 4.78 is 5.19. The zero-order valence-corrected chi connectivity index (χ0v) is 15.0. The van der Waals surface area contributed by atoms with Gasteiger partial charge in [-0.05, 0) is 29.1 Å². The summed E-state index contributed by atoms with van der Waals surface area (Å²) in [7, 11) is 1.59. The Labute approximate surface area is 152 Å². The van der Waals surface area contributed by atoms with Gasteiger partial charge in [0.25, 0.3) is 5.56 Å². The summed E-state index contributed by atoms with van der Waals surface area (Å²) >= 11 is 0. The first-order valence-electron chi connectivity index (χ1n) is 8.62. The summed E-state index contributed by atoms with van der Waals surface area (Å²) in [6.45, 7) is 2.59. The molecular formula is C21H22N2O3. The van der Waals surface area contributed by atoms with Gasteiger partial charge in [0.15, 0.2) is 0 Å². The third-order valence-corrected chi connectivity index (χ3v) is 4.36. The number of carbonyl (C=O) groups is 1. The topological polar surface area (TPSA) is 62.4 Å². The fourth-order valence-electron chi connectivity index (χ4n) is 2.94. The second kappa shape index (κ2) is 7.87. The highest BCUT2D eigenvalue weighted by atomic mass is 16.5. The van der Waals surface area contributed by atoms with Crippen molar-refractivity contribution in [3.8, 4) is 5.75 Å². The van der Waals surface area contributed by atoms with Gasteiger partial charge in [-0.15, -0.1) is 0 Å². The van der Waals surface area contributed by atoms with Gasteiger partial charge >= 0.3 is 0 Å². The van der Waals surface area contributed by atoms with Crippen LogP contribution in [0.4, 0.5) is 0 Å². The van der Waals surface area contributed by atoms with Gasteiger partial charge in [0, 0.05) is 24.6 Å². The number of aromatic nitrogens is 1. The van der Waals surface area contributed by atoms with Crippen molar-refractivity contribution in [1.29, 1.82) is 0 Å². The Balaban J connectivity index is 1.91. The van der Waals surface area contributed by atoms with E-state index in [1.165, 1.54) is 0 Å². The molecule has 26 heavy (non-hydrogen) atoms. The van der Waals surface area contributed by atoms with Crippen molar-refractivity contribution in [2.75, 3.05) is 7.11 Å². The van der Waals surface area contributed by atoms with Crippen LogP contribution in [0.1, 0.15) is 24.5 Å². The molecule has 2 aromatic carbocycles. The van der Waals surface area contributed by atoms with Gasteiger partial charge in [0.05, 0.1) is 19.2 Å². The molecule has 0 aliphatic heterocycles. The smallest absolute Gasteiger partial charge is 0.253 e. The first-order chi connectivity index (χ1) is 12.6. The van der Waals surface area contributed by atoms with E-state index >= 15 is 0 Å². The molecule has 0 spiro atoms. The second-order valence-electron chi connectivity index (χ2n) is 6.17. The Kier molecular flexibility index (Phi) is 5.37. The summed E-state index contributed by atoms with van der Waals surface area (Å²) in [5.41, 5.74) is 2.14. The number of benzene rings is 2. The maximum absolute atomic E-state index is 12.5. The van der Waals surface area contributed by atoms with Crippen LogP contribution in [0.3, 0.4) is 0 Å². The molecule has 0 aliphatic carbocycles. The Hall–Kier alpha value is -3.08. The lowest BCUT2D eigenvalue weighted by Gasteiger charge is -2.22. The molecule has 0 radical (unpaired) electrons. The number of carbonyl (C=O) groups excluding carboxylic acids is 1. The fourth-order valence-corrected chi connectivity index (χ4v) is 2.94. The quantitative estimate of drug-likeness (QED) is 0.740. The van der Waals surface area contributed by atoms with Crippen LogP contribution in [0.15, 0.2) is 59.4 Å². The molecule has 1 aromatic heterocycles. The van der Waals surface area contributed by atoms with Crippen LogP contribution in [0.25, 0.3) is 10.9 Å². The SMILES string of the molecule is CCC(=O)N(Cc1ccccc1)Cc1cc2ccc(OC)cc2[nH]c1=O. The number of aromatic amines is 1. The van der Waals surface area contributed by atoms with Crippen LogP contribution in [0, 0.1) is 0 Å². The molecular weight excluding hydrogens is 328 g/mol. The lowest BCUT2D eigenvalue weighted by Crippen LogP contribution is -2.31. The molecule has 3 aromatic rings. The first kappa shape index (κ1) is 17.7. The maximum Gasteiger partial charge on any atom is 0.253 e. The van der Waals surface area contributed by atoms with Crippen molar-refractivity contribution in [1.82, 2.24) is 9.88 Å². The standard InChI is InChI=1S/C21H22N2O3/c1-3-20(24)23(13-15-7-5-4-6-8-15)14-17-11-16-9-10-18(26-2)12-19(16)22-21(17)25/h4-12H,3,13-14H2,1-2H3,(H,22,25). The molecule has 1 heterocycles. The number of nitrogens with zero attached hydrogens (tertiary/aromatic N) is 1. The molecule has 134 valence electrons. The van der Waals surface area contributed by atoms with Crippen LogP contribution in [0.5, 0.6) is 5.75 Å². The lowest BCUT2D eigenvalue weighted by atomic mass is 10.1. The molecule has 0 bridgehead atoms. The van der Waals surface area contributed by atoms with Crippen molar-refractivity contribution in [3.63, 3.8) is 0 Å². The van der Waals surface area contributed by atoms with E-state index in [0.29, 0.717) is 24.3 Å². The molecule has 0 atom stereocenters. The molecule has 1 amide bonds. The summed E-state index contributed by atoms with van der Waals surface area (Å²) in [6.07, 6.45) is 0.398. The van der Waals surface area contributed by atoms with E-state index in [1.54, 1.807) is 18.1 Å². The summed E-state index contributed by atoms with van der Waals surface area (Å²) in [4.78, 5) is 29.5. The Morgan fingerprint density at radius 2 is 1.85 bits per heavy atom. The number of hydrogen-bond donors (Lipinski definition) is 1. The van der Waals surface area contributed by atoms with Gasteiger partial charge in [0.1, 0.15) is 5.75 Å². The second-order valence-corrected chi connectivity index (χ2v) is 6.17. The molecule has 0 fully saturated rings. The molecule has 1 N–H and O–H groups in total. The predicted octanol–water partition coefficient (Wildman–Crippen LogP) is 3.48. The number of amides is 1. The van der Waals surface area contributed by atoms with Crippen LogP contribution >= 0.6 is 0 Å². The fraction of sp³-hybridized carbons (Fsp3) is 0.238. The minimum Gasteiger partial charge on any atom is -0.497 e. The minimum absolute atomic E-state index is 0.0167. The van der Waals surface area contributed by atoms with Crippen molar-refractivity contribution >= 4 is 16.8 Å². The van der Waals surface area contributed by atoms with E-state index in [9.17, 15) is 9.59 Å². The van der Waals surface area contributed by atoms with E-state index < -0.39 is 0 Å². The normalized spacial score (nSPS) is 10.7. The molecule has 0 aliphatic rings. The van der Waals surface area contributed by atoms with Gasteiger partial charge in [-0.2, -0.15) is 0 Å². The molecule has 5 heteroatoms. The van der Waals surface area contributed by atoms with Gasteiger partial charge in [-0.25, -0.2) is 0 Å². The van der Waals surface area contributed by atoms with Gasteiger partial charge in [-0.1, -0.05) is 37.3 Å². The van der Waals surface area contributed by atoms with E-state index in [0.717, 1.165) is 16.5 Å². The van der Waals surface area contributed by atoms with Crippen molar-refractivity contribution in [2.45, 2.75) is 26.4 Å². The third kappa shape index (κ3) is 3.94. The molecule has 5 nitrogen and oxygen atoms in total. The van der Waals surface area contributed by atoms with Crippen molar-refractivity contribution in [3.05, 3.63) is 76.1 Å². The predicted molar refractivity (Wildman–Crippen MR) is 102 cm³/mol. The van der Waals surface area contributed by atoms with Gasteiger partial charge in [0.2, 0.25) is 5.91 Å². The van der Waals surface area contributed by atoms with Crippen LogP contribution in [-0.2, 0) is 17.9 Å². The Morgan fingerprint density at radius 3 is 2.54 bits per heavy atom. The average Bonchev–Trinajstić information content (AvgIpc) is 2.67. The summed E-state index contributed by atoms with van der Waals surface area (Å²) in [5.74, 6) is 0.704. The van der Waals surface area contributed by atoms with Crippen LogP contribution in [-0.4, -0.2) is 22.9 Å². The molecule has 0 unspecified atom stereocenters. The zero-order valence-electron chi connectivity index (χ0n) is 15.0. The number of fused-ring (bicyclic) bond motifs is 1. The maximum atomic E-state index is 12.5. The van der Waals surface area contributed by atoms with E-state index in [2.05, 4.69) is 4.98 Å². The lowest BCUT2D eigenvalue weighted by molar-refractivity contribution is -0.132. The van der Waals surface area contributed by atoms with Gasteiger partial charge < -0.3 is 14.6 Å². The number of ether oxygens (including phenoxy) is 1. The Bertz CT molecular complexity index is 964. The minimum atomic E-state index is -0.187. The summed E-state index contributed by atoms with van der Waals surface area (Å²) in [6, 6.07) is 17.2. The Morgan fingerprint density at radius 1 is 1.08 bits per heavy atom. The number of methoxy groups -OCH3 is 1. The molecule has 3 rings (SSSR count). The number of hydrogen-bond acceptors (Lipinski definition) is 3. The first-order valence-corrected chi connectivity index (χ1v) is 8.62. The molecule has 0 saturated heterocycles. The molecule has 0 saturated carbocycles. The highest BCUT2D eigenvalue weighted by Gasteiger charge is 2.15. The van der Waals surface area contributed by atoms with Gasteiger partial charge in [-0.3, -0.25) is 9.59 Å². The van der Waals surface area contributed by atoms with Crippen molar-refractivity contribution < 1.29 is 9.53 Å². The number of rotatable bonds is 6. The number of pyridine rings is 1. The highest BCUT2D eigenvalue weighted by molar-refractivity contribution is 5.81. The summed E-state index contributed by atoms with van der Waals surface area (Å²) in [5, 5.41) is 0.906. The number of nitrogens with one attached hydrogen (secondary N) is 1. The largest absolute Gasteiger partial charge is 0.497 e. The average molecular weight is 350 g/mol.